The van der Waals surface area contributed by atoms with E-state index in [1.165, 1.54) is 18.2 Å². The summed E-state index contributed by atoms with van der Waals surface area (Å²) in [5, 5.41) is 2.73. The molecular weight excluding hydrogens is 393 g/mol. The molecule has 0 fully saturated rings. The Bertz CT molecular complexity index is 953. The molecular formula is C19H21F3N2O3S. The smallest absolute Gasteiger partial charge is 0.352 e. The number of hydrogen-bond donors (Lipinski definition) is 2. The molecule has 0 aromatic heterocycles. The number of anilines is 1. The van der Waals surface area contributed by atoms with Gasteiger partial charge in [0.05, 0.1) is 10.5 Å². The van der Waals surface area contributed by atoms with E-state index in [1.807, 2.05) is 13.8 Å². The van der Waals surface area contributed by atoms with Crippen molar-refractivity contribution in [3.05, 3.63) is 59.2 Å². The Balaban J connectivity index is 2.26. The van der Waals surface area contributed by atoms with Gasteiger partial charge in [0.15, 0.2) is 0 Å². The summed E-state index contributed by atoms with van der Waals surface area (Å²) in [5.41, 5.74) is -0.0695. The topological polar surface area (TPSA) is 75.3 Å². The lowest BCUT2D eigenvalue weighted by Crippen LogP contribution is -2.28. The van der Waals surface area contributed by atoms with E-state index < -0.39 is 27.7 Å². The predicted octanol–water partition coefficient (Wildman–Crippen LogP) is 4.20. The van der Waals surface area contributed by atoms with Crippen LogP contribution in [0.2, 0.25) is 0 Å². The molecule has 0 unspecified atom stereocenters. The van der Waals surface area contributed by atoms with Crippen molar-refractivity contribution in [2.75, 3.05) is 11.3 Å². The Morgan fingerprint density at radius 2 is 1.68 bits per heavy atom. The normalized spacial score (nSPS) is 12.1. The molecule has 0 aliphatic carbocycles. The molecule has 2 aromatic rings. The van der Waals surface area contributed by atoms with Crippen LogP contribution >= 0.6 is 0 Å². The molecule has 0 saturated carbocycles. The fraction of sp³-hybridized carbons (Fsp3) is 0.316. The zero-order chi connectivity index (χ0) is 21.1. The molecule has 0 heterocycles. The second-order valence-corrected chi connectivity index (χ2v) is 8.44. The monoisotopic (exact) mass is 414 g/mol. The third-order valence-corrected chi connectivity index (χ3v) is 5.28. The molecule has 0 saturated heterocycles. The maximum atomic E-state index is 12.6. The number of rotatable bonds is 6. The van der Waals surface area contributed by atoms with Gasteiger partial charge in [-0.15, -0.1) is 0 Å². The summed E-state index contributed by atoms with van der Waals surface area (Å²) in [7, 11) is -4.08. The number of carbonyl (C=O) groups is 1. The van der Waals surface area contributed by atoms with Gasteiger partial charge < -0.3 is 5.32 Å². The Morgan fingerprint density at radius 3 is 2.21 bits per heavy atom. The van der Waals surface area contributed by atoms with Crippen LogP contribution in [0.4, 0.5) is 18.9 Å². The molecule has 5 nitrogen and oxygen atoms in total. The van der Waals surface area contributed by atoms with E-state index in [1.54, 1.807) is 6.92 Å². The number of benzene rings is 2. The molecule has 2 aromatic carbocycles. The Kier molecular flexibility index (Phi) is 6.38. The Labute approximate surface area is 162 Å². The van der Waals surface area contributed by atoms with Gasteiger partial charge >= 0.3 is 6.18 Å². The van der Waals surface area contributed by atoms with E-state index >= 15 is 0 Å². The molecule has 28 heavy (non-hydrogen) atoms. The van der Waals surface area contributed by atoms with Crippen molar-refractivity contribution >= 4 is 21.6 Å². The van der Waals surface area contributed by atoms with Crippen molar-refractivity contribution in [3.63, 3.8) is 0 Å². The molecule has 0 radical (unpaired) electrons. The van der Waals surface area contributed by atoms with Gasteiger partial charge in [0, 0.05) is 17.8 Å². The highest BCUT2D eigenvalue weighted by Gasteiger charge is 2.30. The van der Waals surface area contributed by atoms with Gasteiger partial charge in [-0.1, -0.05) is 19.9 Å². The molecule has 9 heteroatoms. The van der Waals surface area contributed by atoms with Crippen LogP contribution in [-0.2, 0) is 16.2 Å². The number of hydrogen-bond acceptors (Lipinski definition) is 3. The van der Waals surface area contributed by atoms with Gasteiger partial charge in [0.2, 0.25) is 0 Å². The fourth-order valence-electron chi connectivity index (χ4n) is 2.35. The summed E-state index contributed by atoms with van der Waals surface area (Å²) in [6, 6.07) is 7.73. The van der Waals surface area contributed by atoms with Gasteiger partial charge in [0.1, 0.15) is 0 Å². The zero-order valence-corrected chi connectivity index (χ0v) is 16.4. The van der Waals surface area contributed by atoms with Crippen molar-refractivity contribution in [2.24, 2.45) is 5.92 Å². The fourth-order valence-corrected chi connectivity index (χ4v) is 3.43. The maximum Gasteiger partial charge on any atom is 0.416 e. The molecule has 0 atom stereocenters. The lowest BCUT2D eigenvalue weighted by molar-refractivity contribution is -0.137. The van der Waals surface area contributed by atoms with Crippen LogP contribution in [0.1, 0.15) is 35.3 Å². The highest BCUT2D eigenvalue weighted by Crippen LogP contribution is 2.30. The first-order chi connectivity index (χ1) is 12.9. The van der Waals surface area contributed by atoms with E-state index in [9.17, 15) is 26.4 Å². The molecule has 0 aliphatic rings. The minimum Gasteiger partial charge on any atom is -0.352 e. The third kappa shape index (κ3) is 5.48. The van der Waals surface area contributed by atoms with E-state index in [4.69, 9.17) is 0 Å². The SMILES string of the molecule is Cc1ccc(S(=O)(=O)Nc2ccc(C(F)(F)F)cc2)cc1C(=O)NCC(C)C. The number of carbonyl (C=O) groups excluding carboxylic acids is 1. The van der Waals surface area contributed by atoms with E-state index in [-0.39, 0.29) is 22.1 Å². The van der Waals surface area contributed by atoms with Crippen molar-refractivity contribution in [2.45, 2.75) is 31.8 Å². The summed E-state index contributed by atoms with van der Waals surface area (Å²) in [4.78, 5) is 12.1. The summed E-state index contributed by atoms with van der Waals surface area (Å²) < 4.78 is 65.2. The van der Waals surface area contributed by atoms with E-state index in [0.29, 0.717) is 12.1 Å². The highest BCUT2D eigenvalue weighted by molar-refractivity contribution is 7.92. The first-order valence-electron chi connectivity index (χ1n) is 8.49. The van der Waals surface area contributed by atoms with Crippen LogP contribution in [0.15, 0.2) is 47.4 Å². The van der Waals surface area contributed by atoms with Gasteiger partial charge in [0.25, 0.3) is 15.9 Å². The number of sulfonamides is 1. The molecule has 0 spiro atoms. The number of nitrogens with one attached hydrogen (secondary N) is 2. The van der Waals surface area contributed by atoms with Crippen LogP contribution in [0.25, 0.3) is 0 Å². The molecule has 152 valence electrons. The number of aryl methyl sites for hydroxylation is 1. The molecule has 1 amide bonds. The number of alkyl halides is 3. The quantitative estimate of drug-likeness (QED) is 0.744. The predicted molar refractivity (Wildman–Crippen MR) is 101 cm³/mol. The zero-order valence-electron chi connectivity index (χ0n) is 15.6. The largest absolute Gasteiger partial charge is 0.416 e. The summed E-state index contributed by atoms with van der Waals surface area (Å²) >= 11 is 0. The van der Waals surface area contributed by atoms with Crippen LogP contribution in [0, 0.1) is 12.8 Å². The number of halogens is 3. The first-order valence-corrected chi connectivity index (χ1v) is 9.97. The average molecular weight is 414 g/mol. The van der Waals surface area contributed by atoms with Crippen LogP contribution in [0.5, 0.6) is 0 Å². The van der Waals surface area contributed by atoms with Crippen molar-refractivity contribution in [1.82, 2.24) is 5.32 Å². The van der Waals surface area contributed by atoms with Gasteiger partial charge in [-0.05, 0) is 54.8 Å². The van der Waals surface area contributed by atoms with E-state index in [2.05, 4.69) is 10.0 Å². The highest BCUT2D eigenvalue weighted by atomic mass is 32.2. The van der Waals surface area contributed by atoms with Crippen LogP contribution in [-0.4, -0.2) is 20.9 Å². The minimum absolute atomic E-state index is 0.0145. The van der Waals surface area contributed by atoms with Crippen molar-refractivity contribution < 1.29 is 26.4 Å². The standard InChI is InChI=1S/C19H21F3N2O3S/c1-12(2)11-23-18(25)17-10-16(9-4-13(17)3)28(26,27)24-15-7-5-14(6-8-15)19(20,21)22/h4-10,12,24H,11H2,1-3H3,(H,23,25). The summed E-state index contributed by atoms with van der Waals surface area (Å²) in [5.74, 6) is -0.157. The van der Waals surface area contributed by atoms with Gasteiger partial charge in [-0.2, -0.15) is 13.2 Å². The first kappa shape index (κ1) is 21.7. The van der Waals surface area contributed by atoms with Gasteiger partial charge in [-0.25, -0.2) is 8.42 Å². The Morgan fingerprint density at radius 1 is 1.07 bits per heavy atom. The lowest BCUT2D eigenvalue weighted by atomic mass is 10.1. The Hall–Kier alpha value is -2.55. The van der Waals surface area contributed by atoms with Crippen LogP contribution in [0.3, 0.4) is 0 Å². The maximum absolute atomic E-state index is 12.6. The minimum atomic E-state index is -4.51. The van der Waals surface area contributed by atoms with E-state index in [0.717, 1.165) is 24.3 Å². The molecule has 2 rings (SSSR count). The van der Waals surface area contributed by atoms with Crippen LogP contribution < -0.4 is 10.0 Å². The second kappa shape index (κ2) is 8.22. The number of amides is 1. The molecule has 0 bridgehead atoms. The average Bonchev–Trinajstić information content (AvgIpc) is 2.59. The molecule has 0 aliphatic heterocycles. The van der Waals surface area contributed by atoms with Crippen molar-refractivity contribution in [3.8, 4) is 0 Å². The summed E-state index contributed by atoms with van der Waals surface area (Å²) in [6.45, 7) is 5.99. The molecule has 2 N–H and O–H groups in total. The summed E-state index contributed by atoms with van der Waals surface area (Å²) in [6.07, 6.45) is -4.51. The van der Waals surface area contributed by atoms with Gasteiger partial charge in [-0.3, -0.25) is 9.52 Å². The van der Waals surface area contributed by atoms with Crippen molar-refractivity contribution in [1.29, 1.82) is 0 Å². The third-order valence-electron chi connectivity index (χ3n) is 3.90. The second-order valence-electron chi connectivity index (χ2n) is 6.76. The lowest BCUT2D eigenvalue weighted by Gasteiger charge is -2.13.